The van der Waals surface area contributed by atoms with Gasteiger partial charge in [0.1, 0.15) is 11.6 Å². The Bertz CT molecular complexity index is 633. The quantitative estimate of drug-likeness (QED) is 0.260. The van der Waals surface area contributed by atoms with E-state index in [1.807, 2.05) is 6.92 Å². The number of esters is 1. The molecule has 118 valence electrons. The van der Waals surface area contributed by atoms with Crippen molar-refractivity contribution in [3.05, 3.63) is 39.8 Å². The molecule has 0 radical (unpaired) electrons. The highest BCUT2D eigenvalue weighted by Crippen LogP contribution is 2.25. The summed E-state index contributed by atoms with van der Waals surface area (Å²) in [6.45, 7) is 3.57. The Kier molecular flexibility index (Phi) is 6.81. The van der Waals surface area contributed by atoms with Gasteiger partial charge in [-0.05, 0) is 30.1 Å². The fourth-order valence-corrected chi connectivity index (χ4v) is 2.12. The zero-order chi connectivity index (χ0) is 16.7. The largest absolute Gasteiger partial charge is 0.462 e. The van der Waals surface area contributed by atoms with Crippen LogP contribution in [0.1, 0.15) is 30.6 Å². The van der Waals surface area contributed by atoms with E-state index in [0.717, 1.165) is 17.8 Å². The molecule has 1 aromatic carbocycles. The van der Waals surface area contributed by atoms with Crippen molar-refractivity contribution in [2.75, 3.05) is 5.75 Å². The molecule has 0 aliphatic heterocycles. The molecule has 0 aliphatic carbocycles. The summed E-state index contributed by atoms with van der Waals surface area (Å²) in [5, 5.41) is 2.75. The van der Waals surface area contributed by atoms with Crippen molar-refractivity contribution >= 4 is 23.6 Å². The Morgan fingerprint density at radius 1 is 1.41 bits per heavy atom. The highest BCUT2D eigenvalue weighted by atomic mass is 32.2. The van der Waals surface area contributed by atoms with Gasteiger partial charge in [0, 0.05) is 15.9 Å². The van der Waals surface area contributed by atoms with Crippen LogP contribution in [-0.2, 0) is 9.53 Å². The van der Waals surface area contributed by atoms with Crippen LogP contribution >= 0.6 is 11.8 Å². The number of azide groups is 1. The zero-order valence-corrected chi connectivity index (χ0v) is 12.7. The van der Waals surface area contributed by atoms with E-state index in [-0.39, 0.29) is 16.8 Å². The standard InChI is InChI=1S/C13H13F2N3O3S/c1-3-7(2)21-12(19)6-22-11-4-8(13(20)17-18-16)9(14)5-10(11)15/h4-5,7H,3,6H2,1-2H3. The summed E-state index contributed by atoms with van der Waals surface area (Å²) in [7, 11) is 0. The van der Waals surface area contributed by atoms with Crippen LogP contribution in [-0.4, -0.2) is 23.7 Å². The summed E-state index contributed by atoms with van der Waals surface area (Å²) >= 11 is 0.763. The predicted molar refractivity (Wildman–Crippen MR) is 76.4 cm³/mol. The van der Waals surface area contributed by atoms with Gasteiger partial charge >= 0.3 is 5.97 Å². The molecule has 0 heterocycles. The second-order valence-electron chi connectivity index (χ2n) is 4.25. The maximum atomic E-state index is 13.6. The molecule has 0 saturated carbocycles. The first-order valence-corrected chi connectivity index (χ1v) is 7.28. The van der Waals surface area contributed by atoms with Crippen LogP contribution < -0.4 is 0 Å². The first-order valence-electron chi connectivity index (χ1n) is 6.29. The summed E-state index contributed by atoms with van der Waals surface area (Å²) in [4.78, 5) is 25.0. The van der Waals surface area contributed by atoms with E-state index >= 15 is 0 Å². The summed E-state index contributed by atoms with van der Waals surface area (Å²) in [5.74, 6) is -3.96. The summed E-state index contributed by atoms with van der Waals surface area (Å²) < 4.78 is 32.1. The maximum absolute atomic E-state index is 13.6. The van der Waals surface area contributed by atoms with Gasteiger partial charge in [-0.2, -0.15) is 0 Å². The normalized spacial score (nSPS) is 11.5. The Labute approximate surface area is 129 Å². The number of halogens is 2. The fraction of sp³-hybridized carbons (Fsp3) is 0.385. The van der Waals surface area contributed by atoms with E-state index in [0.29, 0.717) is 12.5 Å². The number of rotatable bonds is 6. The molecule has 0 bridgehead atoms. The molecule has 1 unspecified atom stereocenters. The van der Waals surface area contributed by atoms with Crippen molar-refractivity contribution in [3.8, 4) is 0 Å². The number of hydrogen-bond acceptors (Lipinski definition) is 4. The summed E-state index contributed by atoms with van der Waals surface area (Å²) in [6.07, 6.45) is 0.389. The molecular formula is C13H13F2N3O3S. The van der Waals surface area contributed by atoms with Gasteiger partial charge in [0.15, 0.2) is 0 Å². The van der Waals surface area contributed by atoms with Gasteiger partial charge in [0.2, 0.25) is 0 Å². The number of benzene rings is 1. The summed E-state index contributed by atoms with van der Waals surface area (Å²) in [6, 6.07) is 1.41. The molecule has 6 nitrogen and oxygen atoms in total. The van der Waals surface area contributed by atoms with Gasteiger partial charge in [0.05, 0.1) is 17.4 Å². The SMILES string of the molecule is CCC(C)OC(=O)CSc1cc(C(=O)N=[N+]=[N-])c(F)cc1F. The lowest BCUT2D eigenvalue weighted by molar-refractivity contribution is -0.144. The topological polar surface area (TPSA) is 92.1 Å². The Morgan fingerprint density at radius 2 is 2.09 bits per heavy atom. The van der Waals surface area contributed by atoms with E-state index < -0.39 is 29.1 Å². The fourth-order valence-electron chi connectivity index (χ4n) is 1.38. The second kappa shape index (κ2) is 8.35. The third kappa shape index (κ3) is 5.01. The number of nitrogens with zero attached hydrogens (tertiary/aromatic N) is 3. The minimum Gasteiger partial charge on any atom is -0.462 e. The van der Waals surface area contributed by atoms with Crippen LogP contribution in [0.3, 0.4) is 0 Å². The number of ether oxygens (including phenoxy) is 1. The van der Waals surface area contributed by atoms with E-state index in [4.69, 9.17) is 10.3 Å². The van der Waals surface area contributed by atoms with Crippen molar-refractivity contribution in [2.24, 2.45) is 5.11 Å². The molecule has 0 fully saturated rings. The Hall–Kier alpha value is -2.12. The van der Waals surface area contributed by atoms with Gasteiger partial charge < -0.3 is 4.74 Å². The van der Waals surface area contributed by atoms with E-state index in [9.17, 15) is 18.4 Å². The molecule has 0 N–H and O–H groups in total. The third-order valence-corrected chi connectivity index (χ3v) is 3.64. The Morgan fingerprint density at radius 3 is 2.68 bits per heavy atom. The highest BCUT2D eigenvalue weighted by molar-refractivity contribution is 8.00. The van der Waals surface area contributed by atoms with E-state index in [2.05, 4.69) is 10.0 Å². The van der Waals surface area contributed by atoms with Crippen LogP contribution in [0.5, 0.6) is 0 Å². The minimum atomic E-state index is -1.16. The van der Waals surface area contributed by atoms with Gasteiger partial charge in [-0.25, -0.2) is 8.78 Å². The lowest BCUT2D eigenvalue weighted by Gasteiger charge is -2.11. The smallest absolute Gasteiger partial charge is 0.316 e. The zero-order valence-electron chi connectivity index (χ0n) is 11.9. The van der Waals surface area contributed by atoms with Gasteiger partial charge in [-0.1, -0.05) is 6.92 Å². The number of thioether (sulfide) groups is 1. The molecule has 0 aromatic heterocycles. The van der Waals surface area contributed by atoms with Gasteiger partial charge in [-0.3, -0.25) is 9.59 Å². The Balaban J connectivity index is 2.87. The number of amides is 1. The van der Waals surface area contributed by atoms with Crippen molar-refractivity contribution in [2.45, 2.75) is 31.3 Å². The van der Waals surface area contributed by atoms with Crippen LogP contribution in [0.25, 0.3) is 10.4 Å². The van der Waals surface area contributed by atoms with Crippen molar-refractivity contribution < 1.29 is 23.1 Å². The molecule has 1 atom stereocenters. The first-order chi connectivity index (χ1) is 10.4. The van der Waals surface area contributed by atoms with Crippen LogP contribution in [0.4, 0.5) is 8.78 Å². The molecule has 1 amide bonds. The molecule has 1 aromatic rings. The van der Waals surface area contributed by atoms with Crippen LogP contribution in [0.2, 0.25) is 0 Å². The molecule has 1 rings (SSSR count). The van der Waals surface area contributed by atoms with Crippen LogP contribution in [0, 0.1) is 11.6 Å². The number of hydrogen-bond donors (Lipinski definition) is 0. The number of carbonyl (C=O) groups excluding carboxylic acids is 2. The van der Waals surface area contributed by atoms with E-state index in [1.54, 1.807) is 6.92 Å². The second-order valence-corrected chi connectivity index (χ2v) is 5.27. The third-order valence-electron chi connectivity index (χ3n) is 2.64. The monoisotopic (exact) mass is 329 g/mol. The highest BCUT2D eigenvalue weighted by Gasteiger charge is 2.17. The average molecular weight is 329 g/mol. The molecule has 9 heteroatoms. The summed E-state index contributed by atoms with van der Waals surface area (Å²) in [5.41, 5.74) is 7.61. The van der Waals surface area contributed by atoms with Gasteiger partial charge in [0.25, 0.3) is 5.91 Å². The van der Waals surface area contributed by atoms with Crippen molar-refractivity contribution in [1.29, 1.82) is 0 Å². The first kappa shape index (κ1) is 17.9. The molecular weight excluding hydrogens is 316 g/mol. The number of carbonyl (C=O) groups is 2. The van der Waals surface area contributed by atoms with Crippen molar-refractivity contribution in [1.82, 2.24) is 0 Å². The minimum absolute atomic E-state index is 0.112. The maximum Gasteiger partial charge on any atom is 0.316 e. The lowest BCUT2D eigenvalue weighted by atomic mass is 10.2. The van der Waals surface area contributed by atoms with E-state index in [1.165, 1.54) is 0 Å². The van der Waals surface area contributed by atoms with Crippen molar-refractivity contribution in [3.63, 3.8) is 0 Å². The molecule has 0 spiro atoms. The predicted octanol–water partition coefficient (Wildman–Crippen LogP) is 3.85. The van der Waals surface area contributed by atoms with Crippen LogP contribution in [0.15, 0.2) is 22.1 Å². The average Bonchev–Trinajstić information content (AvgIpc) is 2.46. The van der Waals surface area contributed by atoms with Gasteiger partial charge in [-0.15, -0.1) is 11.8 Å². The molecule has 22 heavy (non-hydrogen) atoms. The molecule has 0 saturated heterocycles. The lowest BCUT2D eigenvalue weighted by Crippen LogP contribution is -2.15. The molecule has 0 aliphatic rings.